The first-order valence-electron chi connectivity index (χ1n) is 3.73. The molecule has 1 aromatic heterocycles. The Bertz CT molecular complexity index is 410. The molecule has 3 N–H and O–H groups in total. The first kappa shape index (κ1) is 7.60. The first-order chi connectivity index (χ1) is 6.29. The minimum absolute atomic E-state index is 0.0491. The second kappa shape index (κ2) is 2.78. The summed E-state index contributed by atoms with van der Waals surface area (Å²) in [6.45, 7) is 0. The number of aromatic hydroxyl groups is 1. The number of benzene rings is 1. The maximum absolute atomic E-state index is 9.31. The Kier molecular flexibility index (Phi) is 1.63. The van der Waals surface area contributed by atoms with Crippen LogP contribution in [0.4, 0.5) is 5.69 Å². The number of rotatable bonds is 1. The molecule has 1 aromatic carbocycles. The molecule has 5 nitrogen and oxygen atoms in total. The van der Waals surface area contributed by atoms with Crippen LogP contribution < -0.4 is 5.73 Å². The fourth-order valence-corrected chi connectivity index (χ4v) is 1.08. The summed E-state index contributed by atoms with van der Waals surface area (Å²) in [5, 5.41) is 16.7. The molecule has 0 saturated heterocycles. The molecule has 2 aromatic rings. The van der Waals surface area contributed by atoms with Crippen LogP contribution >= 0.6 is 0 Å². The quantitative estimate of drug-likeness (QED) is 0.491. The molecule has 0 saturated carbocycles. The summed E-state index contributed by atoms with van der Waals surface area (Å²) in [7, 11) is 0. The van der Waals surface area contributed by atoms with Crippen LogP contribution in [0.15, 0.2) is 30.6 Å². The average Bonchev–Trinajstić information content (AvgIpc) is 2.62. The highest BCUT2D eigenvalue weighted by atomic mass is 16.3. The molecule has 0 bridgehead atoms. The van der Waals surface area contributed by atoms with Crippen molar-refractivity contribution in [3.8, 4) is 11.4 Å². The van der Waals surface area contributed by atoms with E-state index < -0.39 is 0 Å². The Morgan fingerprint density at radius 2 is 2.23 bits per heavy atom. The van der Waals surface area contributed by atoms with Gasteiger partial charge in [-0.1, -0.05) is 11.3 Å². The number of para-hydroxylation sites is 1. The number of aromatic nitrogens is 3. The lowest BCUT2D eigenvalue weighted by Gasteiger charge is -2.05. The van der Waals surface area contributed by atoms with Gasteiger partial charge in [0.05, 0.1) is 18.1 Å². The van der Waals surface area contributed by atoms with Gasteiger partial charge in [0.15, 0.2) is 0 Å². The maximum atomic E-state index is 9.31. The molecular formula is C8H8N4O. The van der Waals surface area contributed by atoms with Crippen LogP contribution in [0, 0.1) is 0 Å². The number of hydrogen-bond donors (Lipinski definition) is 2. The van der Waals surface area contributed by atoms with Gasteiger partial charge in [-0.3, -0.25) is 0 Å². The molecule has 0 atom stereocenters. The minimum Gasteiger partial charge on any atom is -0.506 e. The van der Waals surface area contributed by atoms with Gasteiger partial charge < -0.3 is 10.8 Å². The zero-order chi connectivity index (χ0) is 9.26. The third-order valence-electron chi connectivity index (χ3n) is 1.73. The van der Waals surface area contributed by atoms with E-state index in [4.69, 9.17) is 5.73 Å². The summed E-state index contributed by atoms with van der Waals surface area (Å²) in [4.78, 5) is 0. The molecule has 0 fully saturated rings. The molecule has 0 radical (unpaired) electrons. The number of nitrogen functional groups attached to an aromatic ring is 1. The van der Waals surface area contributed by atoms with E-state index in [1.165, 1.54) is 10.7 Å². The summed E-state index contributed by atoms with van der Waals surface area (Å²) >= 11 is 0. The van der Waals surface area contributed by atoms with Crippen molar-refractivity contribution in [1.82, 2.24) is 15.0 Å². The van der Waals surface area contributed by atoms with Gasteiger partial charge in [0.2, 0.25) is 0 Å². The van der Waals surface area contributed by atoms with Crippen LogP contribution in [-0.2, 0) is 0 Å². The van der Waals surface area contributed by atoms with Gasteiger partial charge in [0, 0.05) is 0 Å². The third-order valence-corrected chi connectivity index (χ3v) is 1.73. The second-order valence-corrected chi connectivity index (χ2v) is 2.56. The lowest BCUT2D eigenvalue weighted by Crippen LogP contribution is -2.00. The minimum atomic E-state index is 0.0491. The van der Waals surface area contributed by atoms with Crippen LogP contribution in [0.5, 0.6) is 5.75 Å². The molecule has 5 heteroatoms. The van der Waals surface area contributed by atoms with Crippen molar-refractivity contribution in [2.45, 2.75) is 0 Å². The normalized spacial score (nSPS) is 10.2. The average molecular weight is 176 g/mol. The van der Waals surface area contributed by atoms with E-state index in [2.05, 4.69) is 10.3 Å². The van der Waals surface area contributed by atoms with Crippen LogP contribution in [0.3, 0.4) is 0 Å². The fourth-order valence-electron chi connectivity index (χ4n) is 1.08. The summed E-state index contributed by atoms with van der Waals surface area (Å²) in [5.74, 6) is 0.0491. The Morgan fingerprint density at radius 3 is 2.92 bits per heavy atom. The largest absolute Gasteiger partial charge is 0.506 e. The van der Waals surface area contributed by atoms with Gasteiger partial charge in [0.25, 0.3) is 0 Å². The molecule has 0 aliphatic heterocycles. The Balaban J connectivity index is 2.59. The number of phenols is 1. The van der Waals surface area contributed by atoms with Crippen molar-refractivity contribution in [3.05, 3.63) is 30.6 Å². The molecule has 0 spiro atoms. The van der Waals surface area contributed by atoms with Gasteiger partial charge in [0.1, 0.15) is 11.4 Å². The second-order valence-electron chi connectivity index (χ2n) is 2.56. The number of phenolic OH excluding ortho intramolecular Hbond substituents is 1. The molecule has 0 amide bonds. The van der Waals surface area contributed by atoms with Gasteiger partial charge in [-0.15, -0.1) is 5.10 Å². The number of hydrogen-bond acceptors (Lipinski definition) is 4. The molecule has 2 rings (SSSR count). The highest BCUT2D eigenvalue weighted by Crippen LogP contribution is 2.25. The fraction of sp³-hybridized carbons (Fsp3) is 0. The Hall–Kier alpha value is -2.04. The monoisotopic (exact) mass is 176 g/mol. The highest BCUT2D eigenvalue weighted by molar-refractivity contribution is 5.65. The van der Waals surface area contributed by atoms with E-state index in [1.54, 1.807) is 24.5 Å². The lowest BCUT2D eigenvalue weighted by molar-refractivity contribution is 0.477. The van der Waals surface area contributed by atoms with E-state index in [9.17, 15) is 5.11 Å². The predicted octanol–water partition coefficient (Wildman–Crippen LogP) is 0.555. The zero-order valence-electron chi connectivity index (χ0n) is 6.75. The van der Waals surface area contributed by atoms with Crippen LogP contribution in [0.2, 0.25) is 0 Å². The smallest absolute Gasteiger partial charge is 0.140 e. The van der Waals surface area contributed by atoms with Crippen molar-refractivity contribution < 1.29 is 5.11 Å². The van der Waals surface area contributed by atoms with Crippen molar-refractivity contribution >= 4 is 5.69 Å². The zero-order valence-corrected chi connectivity index (χ0v) is 6.75. The van der Waals surface area contributed by atoms with E-state index in [-0.39, 0.29) is 5.75 Å². The molecule has 0 aliphatic rings. The molecular weight excluding hydrogens is 168 g/mol. The van der Waals surface area contributed by atoms with Crippen molar-refractivity contribution in [3.63, 3.8) is 0 Å². The van der Waals surface area contributed by atoms with E-state index in [0.29, 0.717) is 11.4 Å². The van der Waals surface area contributed by atoms with E-state index >= 15 is 0 Å². The van der Waals surface area contributed by atoms with Crippen molar-refractivity contribution in [1.29, 1.82) is 0 Å². The summed E-state index contributed by atoms with van der Waals surface area (Å²) in [5.41, 5.74) is 6.56. The SMILES string of the molecule is Nc1c(O)cccc1-n1ccnn1. The highest BCUT2D eigenvalue weighted by Gasteiger charge is 2.05. The number of anilines is 1. The Morgan fingerprint density at radius 1 is 1.38 bits per heavy atom. The first-order valence-corrected chi connectivity index (χ1v) is 3.73. The summed E-state index contributed by atoms with van der Waals surface area (Å²) < 4.78 is 1.50. The van der Waals surface area contributed by atoms with Gasteiger partial charge in [-0.25, -0.2) is 4.68 Å². The number of nitrogens with zero attached hydrogens (tertiary/aromatic N) is 3. The summed E-state index contributed by atoms with van der Waals surface area (Å²) in [6.07, 6.45) is 3.20. The van der Waals surface area contributed by atoms with Crippen molar-refractivity contribution in [2.75, 3.05) is 5.73 Å². The predicted molar refractivity (Wildman–Crippen MR) is 47.4 cm³/mol. The maximum Gasteiger partial charge on any atom is 0.140 e. The molecule has 66 valence electrons. The van der Waals surface area contributed by atoms with Gasteiger partial charge in [-0.2, -0.15) is 0 Å². The van der Waals surface area contributed by atoms with Gasteiger partial charge >= 0.3 is 0 Å². The molecule has 13 heavy (non-hydrogen) atoms. The standard InChI is InChI=1S/C8H8N4O/c9-8-6(2-1-3-7(8)13)12-5-4-10-11-12/h1-5,13H,9H2. The van der Waals surface area contributed by atoms with Crippen molar-refractivity contribution in [2.24, 2.45) is 0 Å². The molecule has 0 unspecified atom stereocenters. The lowest BCUT2D eigenvalue weighted by atomic mass is 10.2. The topological polar surface area (TPSA) is 77.0 Å². The van der Waals surface area contributed by atoms with Crippen LogP contribution in [0.25, 0.3) is 5.69 Å². The van der Waals surface area contributed by atoms with E-state index in [1.807, 2.05) is 0 Å². The molecule has 1 heterocycles. The van der Waals surface area contributed by atoms with Crippen LogP contribution in [-0.4, -0.2) is 20.1 Å². The number of nitrogens with two attached hydrogens (primary N) is 1. The van der Waals surface area contributed by atoms with Crippen LogP contribution in [0.1, 0.15) is 0 Å². The van der Waals surface area contributed by atoms with E-state index in [0.717, 1.165) is 0 Å². The molecule has 0 aliphatic carbocycles. The van der Waals surface area contributed by atoms with Gasteiger partial charge in [-0.05, 0) is 12.1 Å². The Labute approximate surface area is 74.4 Å². The summed E-state index contributed by atoms with van der Waals surface area (Å²) in [6, 6.07) is 4.97. The third kappa shape index (κ3) is 1.20.